The van der Waals surface area contributed by atoms with Crippen LogP contribution >= 0.6 is 15.9 Å². The van der Waals surface area contributed by atoms with Gasteiger partial charge < -0.3 is 4.74 Å². The number of hydrogen-bond acceptors (Lipinski definition) is 3. The molecule has 0 atom stereocenters. The highest BCUT2D eigenvalue weighted by Gasteiger charge is 2.26. The number of esters is 1. The molecule has 1 aromatic rings. The zero-order chi connectivity index (χ0) is 13.0. The van der Waals surface area contributed by atoms with E-state index in [1.807, 2.05) is 0 Å². The summed E-state index contributed by atoms with van der Waals surface area (Å²) in [4.78, 5) is 14.9. The minimum absolute atomic E-state index is 0.00497. The number of hydrogen-bond donors (Lipinski definition) is 0. The molecule has 0 unspecified atom stereocenters. The molecule has 0 saturated carbocycles. The predicted octanol–water partition coefficient (Wildman–Crippen LogP) is 3.23. The molecule has 0 aliphatic carbocycles. The number of nitrogens with zero attached hydrogens (tertiary/aromatic N) is 1. The standard InChI is InChI=1S/C10H9BrF3NO2/c1-2-17-10(16)8-6(9(13)14)7(12)5(3-11)4-15-8/h4,9H,2-3H2,1H3. The van der Waals surface area contributed by atoms with Gasteiger partial charge in [0.05, 0.1) is 12.2 Å². The highest BCUT2D eigenvalue weighted by atomic mass is 79.9. The van der Waals surface area contributed by atoms with E-state index >= 15 is 0 Å². The third kappa shape index (κ3) is 2.96. The summed E-state index contributed by atoms with van der Waals surface area (Å²) in [7, 11) is 0. The molecule has 3 nitrogen and oxygen atoms in total. The number of halogens is 4. The van der Waals surface area contributed by atoms with Crippen molar-refractivity contribution in [3.05, 3.63) is 28.8 Å². The largest absolute Gasteiger partial charge is 0.461 e. The highest BCUT2D eigenvalue weighted by Crippen LogP contribution is 2.28. The number of alkyl halides is 3. The van der Waals surface area contributed by atoms with Crippen molar-refractivity contribution < 1.29 is 22.7 Å². The number of pyridine rings is 1. The number of ether oxygens (including phenoxy) is 1. The van der Waals surface area contributed by atoms with E-state index in [1.54, 1.807) is 0 Å². The summed E-state index contributed by atoms with van der Waals surface area (Å²) >= 11 is 2.94. The molecule has 0 amide bonds. The fraction of sp³-hybridized carbons (Fsp3) is 0.400. The van der Waals surface area contributed by atoms with E-state index in [9.17, 15) is 18.0 Å². The van der Waals surface area contributed by atoms with Gasteiger partial charge in [-0.05, 0) is 6.92 Å². The number of carbonyl (C=O) groups is 1. The molecule has 0 bridgehead atoms. The second-order valence-corrected chi connectivity index (χ2v) is 3.58. The fourth-order valence-electron chi connectivity index (χ4n) is 1.20. The Bertz CT molecular complexity index is 426. The zero-order valence-corrected chi connectivity index (χ0v) is 10.4. The smallest absolute Gasteiger partial charge is 0.357 e. The first-order chi connectivity index (χ1) is 8.02. The maximum absolute atomic E-state index is 13.6. The summed E-state index contributed by atoms with van der Waals surface area (Å²) < 4.78 is 43.6. The van der Waals surface area contributed by atoms with E-state index in [0.29, 0.717) is 0 Å². The Labute approximate surface area is 104 Å². The maximum atomic E-state index is 13.6. The molecule has 0 saturated heterocycles. The van der Waals surface area contributed by atoms with E-state index in [2.05, 4.69) is 25.7 Å². The van der Waals surface area contributed by atoms with Crippen molar-refractivity contribution in [1.82, 2.24) is 4.98 Å². The van der Waals surface area contributed by atoms with Gasteiger partial charge in [0.1, 0.15) is 5.82 Å². The molecule has 0 N–H and O–H groups in total. The lowest BCUT2D eigenvalue weighted by molar-refractivity contribution is 0.0505. The monoisotopic (exact) mass is 311 g/mol. The molecule has 1 rings (SSSR count). The van der Waals surface area contributed by atoms with Crippen LogP contribution in [0.5, 0.6) is 0 Å². The third-order valence-electron chi connectivity index (χ3n) is 1.95. The van der Waals surface area contributed by atoms with E-state index in [1.165, 1.54) is 6.92 Å². The van der Waals surface area contributed by atoms with Gasteiger partial charge in [-0.15, -0.1) is 0 Å². The van der Waals surface area contributed by atoms with E-state index in [0.717, 1.165) is 6.20 Å². The second-order valence-electron chi connectivity index (χ2n) is 3.01. The first-order valence-corrected chi connectivity index (χ1v) is 5.83. The fourth-order valence-corrected chi connectivity index (χ4v) is 1.59. The Kier molecular flexibility index (Phi) is 4.92. The van der Waals surface area contributed by atoms with Crippen LogP contribution in [-0.2, 0) is 10.1 Å². The van der Waals surface area contributed by atoms with Crippen LogP contribution in [0, 0.1) is 5.82 Å². The summed E-state index contributed by atoms with van der Waals surface area (Å²) in [5.74, 6) is -2.18. The first kappa shape index (κ1) is 14.0. The minimum Gasteiger partial charge on any atom is -0.461 e. The summed E-state index contributed by atoms with van der Waals surface area (Å²) in [5.41, 5.74) is -1.72. The van der Waals surface area contributed by atoms with Crippen molar-refractivity contribution in [3.8, 4) is 0 Å². The van der Waals surface area contributed by atoms with Crippen molar-refractivity contribution in [3.63, 3.8) is 0 Å². The molecule has 0 radical (unpaired) electrons. The SMILES string of the molecule is CCOC(=O)c1ncc(CBr)c(F)c1C(F)F. The number of rotatable bonds is 4. The molecule has 17 heavy (non-hydrogen) atoms. The van der Waals surface area contributed by atoms with Crippen molar-refractivity contribution in [2.45, 2.75) is 18.7 Å². The highest BCUT2D eigenvalue weighted by molar-refractivity contribution is 9.08. The van der Waals surface area contributed by atoms with Crippen LogP contribution in [0.1, 0.15) is 35.0 Å². The van der Waals surface area contributed by atoms with Gasteiger partial charge in [-0.3, -0.25) is 0 Å². The summed E-state index contributed by atoms with van der Waals surface area (Å²) in [5, 5.41) is 0.0364. The maximum Gasteiger partial charge on any atom is 0.357 e. The molecule has 0 fully saturated rings. The van der Waals surface area contributed by atoms with E-state index in [-0.39, 0.29) is 17.5 Å². The second kappa shape index (κ2) is 6.00. The molecule has 0 spiro atoms. The lowest BCUT2D eigenvalue weighted by atomic mass is 10.1. The Hall–Kier alpha value is -1.11. The normalized spacial score (nSPS) is 10.7. The minimum atomic E-state index is -3.12. The lowest BCUT2D eigenvalue weighted by Crippen LogP contribution is -2.14. The van der Waals surface area contributed by atoms with Crippen LogP contribution < -0.4 is 0 Å². The molecule has 1 aromatic heterocycles. The van der Waals surface area contributed by atoms with Gasteiger partial charge in [-0.1, -0.05) is 15.9 Å². The van der Waals surface area contributed by atoms with Gasteiger partial charge >= 0.3 is 5.97 Å². The van der Waals surface area contributed by atoms with Crippen molar-refractivity contribution in [1.29, 1.82) is 0 Å². The average molecular weight is 312 g/mol. The molecule has 7 heteroatoms. The summed E-state index contributed by atoms with van der Waals surface area (Å²) in [6.07, 6.45) is -2.09. The quantitative estimate of drug-likeness (QED) is 0.633. The van der Waals surface area contributed by atoms with Crippen molar-refractivity contribution >= 4 is 21.9 Å². The van der Waals surface area contributed by atoms with Crippen LogP contribution in [-0.4, -0.2) is 17.6 Å². The van der Waals surface area contributed by atoms with Crippen LogP contribution in [0.25, 0.3) is 0 Å². The zero-order valence-electron chi connectivity index (χ0n) is 8.84. The Morgan fingerprint density at radius 3 is 2.71 bits per heavy atom. The number of carbonyl (C=O) groups excluding carboxylic acids is 1. The Morgan fingerprint density at radius 1 is 1.59 bits per heavy atom. The van der Waals surface area contributed by atoms with Crippen LogP contribution in [0.2, 0.25) is 0 Å². The molecule has 94 valence electrons. The van der Waals surface area contributed by atoms with Gasteiger partial charge in [-0.2, -0.15) is 0 Å². The summed E-state index contributed by atoms with van der Waals surface area (Å²) in [6, 6.07) is 0. The molecular weight excluding hydrogens is 303 g/mol. The molecular formula is C10H9BrF3NO2. The molecule has 0 aliphatic rings. The molecule has 0 aromatic carbocycles. The van der Waals surface area contributed by atoms with Gasteiger partial charge in [0.15, 0.2) is 5.69 Å². The Balaban J connectivity index is 3.31. The van der Waals surface area contributed by atoms with Gasteiger partial charge in [-0.25, -0.2) is 22.9 Å². The topological polar surface area (TPSA) is 39.2 Å². The third-order valence-corrected chi connectivity index (χ3v) is 2.56. The lowest BCUT2D eigenvalue weighted by Gasteiger charge is -2.10. The molecule has 0 aliphatic heterocycles. The van der Waals surface area contributed by atoms with Gasteiger partial charge in [0, 0.05) is 17.1 Å². The predicted molar refractivity (Wildman–Crippen MR) is 57.7 cm³/mol. The van der Waals surface area contributed by atoms with Gasteiger partial charge in [0.2, 0.25) is 0 Å². The van der Waals surface area contributed by atoms with Crippen molar-refractivity contribution in [2.24, 2.45) is 0 Å². The average Bonchev–Trinajstić information content (AvgIpc) is 2.28. The van der Waals surface area contributed by atoms with Crippen molar-refractivity contribution in [2.75, 3.05) is 6.61 Å². The van der Waals surface area contributed by atoms with Gasteiger partial charge in [0.25, 0.3) is 6.43 Å². The van der Waals surface area contributed by atoms with E-state index < -0.39 is 29.5 Å². The van der Waals surface area contributed by atoms with Crippen LogP contribution in [0.15, 0.2) is 6.20 Å². The Morgan fingerprint density at radius 2 is 2.24 bits per heavy atom. The first-order valence-electron chi connectivity index (χ1n) is 4.71. The number of aromatic nitrogens is 1. The summed E-state index contributed by atoms with van der Waals surface area (Å²) in [6.45, 7) is 1.52. The van der Waals surface area contributed by atoms with E-state index in [4.69, 9.17) is 0 Å². The van der Waals surface area contributed by atoms with Crippen LogP contribution in [0.4, 0.5) is 13.2 Å². The molecule has 1 heterocycles. The van der Waals surface area contributed by atoms with Crippen LogP contribution in [0.3, 0.4) is 0 Å².